The van der Waals surface area contributed by atoms with Gasteiger partial charge in [0.15, 0.2) is 0 Å². The second-order valence-corrected chi connectivity index (χ2v) is 6.08. The van der Waals surface area contributed by atoms with Crippen LogP contribution in [0.15, 0.2) is 109 Å². The maximum atomic E-state index is 13.5. The summed E-state index contributed by atoms with van der Waals surface area (Å²) in [5.74, 6) is -0.156. The Kier molecular flexibility index (Phi) is 5.95. The Morgan fingerprint density at radius 3 is 1.35 bits per heavy atom. The summed E-state index contributed by atoms with van der Waals surface area (Å²) in [6.07, 6.45) is 0. The van der Waals surface area contributed by atoms with Gasteiger partial charge in [-0.2, -0.15) is 0 Å². The van der Waals surface area contributed by atoms with E-state index < -0.39 is 0 Å². The topological polar surface area (TPSA) is 0 Å². The summed E-state index contributed by atoms with van der Waals surface area (Å²) in [5.41, 5.74) is 5.08. The molecule has 0 heterocycles. The highest BCUT2D eigenvalue weighted by Crippen LogP contribution is 2.22. The van der Waals surface area contributed by atoms with Gasteiger partial charge >= 0.3 is 0 Å². The maximum Gasteiger partial charge on any atom is 0.131 e. The van der Waals surface area contributed by atoms with Crippen molar-refractivity contribution in [1.82, 2.24) is 0 Å². The third-order valence-corrected chi connectivity index (χ3v) is 4.09. The molecule has 0 nitrogen and oxygen atoms in total. The van der Waals surface area contributed by atoms with Gasteiger partial charge in [0, 0.05) is 5.56 Å². The Balaban J connectivity index is 0.000000152. The van der Waals surface area contributed by atoms with Crippen molar-refractivity contribution in [2.24, 2.45) is 0 Å². The quantitative estimate of drug-likeness (QED) is 0.363. The van der Waals surface area contributed by atoms with Gasteiger partial charge in [0.1, 0.15) is 5.82 Å². The summed E-state index contributed by atoms with van der Waals surface area (Å²) < 4.78 is 13.5. The molecular weight excluding hydrogens is 319 g/mol. The molecule has 4 aromatic carbocycles. The minimum Gasteiger partial charge on any atom is -0.206 e. The van der Waals surface area contributed by atoms with Gasteiger partial charge in [-0.05, 0) is 35.2 Å². The summed E-state index contributed by atoms with van der Waals surface area (Å²) in [6.45, 7) is 1.89. The Labute approximate surface area is 154 Å². The highest BCUT2D eigenvalue weighted by molar-refractivity contribution is 5.64. The van der Waals surface area contributed by atoms with Crippen LogP contribution in [0.1, 0.15) is 5.56 Å². The van der Waals surface area contributed by atoms with Crippen LogP contribution < -0.4 is 0 Å². The van der Waals surface area contributed by atoms with Gasteiger partial charge in [0.2, 0.25) is 0 Å². The lowest BCUT2D eigenvalue weighted by Gasteiger charge is -2.03. The van der Waals surface area contributed by atoms with E-state index in [-0.39, 0.29) is 5.82 Å². The lowest BCUT2D eigenvalue weighted by Crippen LogP contribution is -1.84. The zero-order chi connectivity index (χ0) is 18.2. The van der Waals surface area contributed by atoms with Crippen LogP contribution in [0, 0.1) is 12.7 Å². The molecule has 1 heteroatoms. The Morgan fingerprint density at radius 2 is 0.923 bits per heavy atom. The van der Waals surface area contributed by atoms with Crippen molar-refractivity contribution >= 4 is 0 Å². The SMILES string of the molecule is Cc1ccc(-c2ccccc2)c(F)c1.c1ccc(-c2ccccc2)cc1. The first-order valence-electron chi connectivity index (χ1n) is 8.66. The number of benzene rings is 4. The highest BCUT2D eigenvalue weighted by atomic mass is 19.1. The fraction of sp³-hybridized carbons (Fsp3) is 0.0400. The zero-order valence-corrected chi connectivity index (χ0v) is 14.8. The van der Waals surface area contributed by atoms with Crippen LogP contribution >= 0.6 is 0 Å². The van der Waals surface area contributed by atoms with Gasteiger partial charge in [0.05, 0.1) is 0 Å². The molecule has 4 rings (SSSR count). The summed E-state index contributed by atoms with van der Waals surface area (Å²) in [6, 6.07) is 35.7. The van der Waals surface area contributed by atoms with Crippen LogP contribution in [0.2, 0.25) is 0 Å². The summed E-state index contributed by atoms with van der Waals surface area (Å²) in [4.78, 5) is 0. The Morgan fingerprint density at radius 1 is 0.500 bits per heavy atom. The van der Waals surface area contributed by atoms with E-state index in [1.165, 1.54) is 11.1 Å². The number of hydrogen-bond donors (Lipinski definition) is 0. The molecule has 0 spiro atoms. The van der Waals surface area contributed by atoms with E-state index >= 15 is 0 Å². The average Bonchev–Trinajstić information content (AvgIpc) is 2.71. The van der Waals surface area contributed by atoms with Crippen molar-refractivity contribution in [2.45, 2.75) is 6.92 Å². The fourth-order valence-corrected chi connectivity index (χ4v) is 2.73. The van der Waals surface area contributed by atoms with Crippen molar-refractivity contribution in [2.75, 3.05) is 0 Å². The largest absolute Gasteiger partial charge is 0.206 e. The number of rotatable bonds is 2. The van der Waals surface area contributed by atoms with Gasteiger partial charge in [0.25, 0.3) is 0 Å². The number of aryl methyl sites for hydroxylation is 1. The molecule has 0 aromatic heterocycles. The van der Waals surface area contributed by atoms with Crippen molar-refractivity contribution < 1.29 is 4.39 Å². The molecule has 0 fully saturated rings. The van der Waals surface area contributed by atoms with E-state index in [9.17, 15) is 4.39 Å². The van der Waals surface area contributed by atoms with Gasteiger partial charge < -0.3 is 0 Å². The van der Waals surface area contributed by atoms with E-state index in [1.807, 2.05) is 61.5 Å². The lowest BCUT2D eigenvalue weighted by molar-refractivity contribution is 0.630. The first kappa shape index (κ1) is 17.6. The predicted molar refractivity (Wildman–Crippen MR) is 108 cm³/mol. The van der Waals surface area contributed by atoms with Crippen molar-refractivity contribution in [3.8, 4) is 22.3 Å². The molecule has 0 saturated carbocycles. The lowest BCUT2D eigenvalue weighted by atomic mass is 10.0. The molecule has 128 valence electrons. The number of halogens is 1. The minimum atomic E-state index is -0.156. The maximum absolute atomic E-state index is 13.5. The predicted octanol–water partition coefficient (Wildman–Crippen LogP) is 7.15. The second-order valence-electron chi connectivity index (χ2n) is 6.08. The molecule has 0 atom stereocenters. The summed E-state index contributed by atoms with van der Waals surface area (Å²) in [5, 5.41) is 0. The number of hydrogen-bond acceptors (Lipinski definition) is 0. The first-order chi connectivity index (χ1) is 12.7. The molecule has 0 aliphatic carbocycles. The van der Waals surface area contributed by atoms with Crippen molar-refractivity contribution in [3.05, 3.63) is 121 Å². The van der Waals surface area contributed by atoms with Crippen LogP contribution in [0.4, 0.5) is 4.39 Å². The normalized spacial score (nSPS) is 9.92. The molecule has 0 radical (unpaired) electrons. The molecule has 26 heavy (non-hydrogen) atoms. The molecule has 0 bridgehead atoms. The van der Waals surface area contributed by atoms with Crippen LogP contribution in [-0.2, 0) is 0 Å². The van der Waals surface area contributed by atoms with Crippen LogP contribution in [0.25, 0.3) is 22.3 Å². The smallest absolute Gasteiger partial charge is 0.131 e. The molecule has 0 unspecified atom stereocenters. The Hall–Kier alpha value is -3.19. The molecule has 0 aliphatic heterocycles. The van der Waals surface area contributed by atoms with Gasteiger partial charge in [-0.1, -0.05) is 103 Å². The van der Waals surface area contributed by atoms with Crippen molar-refractivity contribution in [3.63, 3.8) is 0 Å². The highest BCUT2D eigenvalue weighted by Gasteiger charge is 2.03. The Bertz CT molecular complexity index is 892. The average molecular weight is 340 g/mol. The van der Waals surface area contributed by atoms with E-state index in [4.69, 9.17) is 0 Å². The van der Waals surface area contributed by atoms with Crippen LogP contribution in [0.5, 0.6) is 0 Å². The van der Waals surface area contributed by atoms with E-state index in [2.05, 4.69) is 48.5 Å². The summed E-state index contributed by atoms with van der Waals surface area (Å²) >= 11 is 0. The molecule has 0 saturated heterocycles. The minimum absolute atomic E-state index is 0.156. The van der Waals surface area contributed by atoms with Gasteiger partial charge in [-0.25, -0.2) is 4.39 Å². The molecule has 0 N–H and O–H groups in total. The zero-order valence-electron chi connectivity index (χ0n) is 14.8. The van der Waals surface area contributed by atoms with Gasteiger partial charge in [-0.3, -0.25) is 0 Å². The molecular formula is C25H21F. The third-order valence-electron chi connectivity index (χ3n) is 4.09. The van der Waals surface area contributed by atoms with E-state index in [0.29, 0.717) is 5.56 Å². The van der Waals surface area contributed by atoms with Crippen LogP contribution in [-0.4, -0.2) is 0 Å². The van der Waals surface area contributed by atoms with Gasteiger partial charge in [-0.15, -0.1) is 0 Å². The summed E-state index contributed by atoms with van der Waals surface area (Å²) in [7, 11) is 0. The van der Waals surface area contributed by atoms with Crippen LogP contribution in [0.3, 0.4) is 0 Å². The monoisotopic (exact) mass is 340 g/mol. The fourth-order valence-electron chi connectivity index (χ4n) is 2.73. The third kappa shape index (κ3) is 4.67. The second kappa shape index (κ2) is 8.77. The molecule has 0 amide bonds. The van der Waals surface area contributed by atoms with E-state index in [1.54, 1.807) is 6.07 Å². The molecule has 4 aromatic rings. The standard InChI is InChI=1S/C13H11F.C12H10/c1-10-7-8-12(13(14)9-10)11-5-3-2-4-6-11;1-3-7-11(8-4-1)12-9-5-2-6-10-12/h2-9H,1H3;1-10H. The van der Waals surface area contributed by atoms with Crippen molar-refractivity contribution in [1.29, 1.82) is 0 Å². The molecule has 0 aliphatic rings. The van der Waals surface area contributed by atoms with E-state index in [0.717, 1.165) is 11.1 Å². The first-order valence-corrected chi connectivity index (χ1v) is 8.66.